The fraction of sp³-hybridized carbons (Fsp3) is 0.571. The Bertz CT molecular complexity index is 366. The van der Waals surface area contributed by atoms with Crippen LogP contribution in [0, 0.1) is 0 Å². The lowest BCUT2D eigenvalue weighted by atomic mass is 10.2. The van der Waals surface area contributed by atoms with E-state index < -0.39 is 11.7 Å². The van der Waals surface area contributed by atoms with Crippen LogP contribution in [-0.4, -0.2) is 19.7 Å². The molecule has 0 radical (unpaired) electrons. The second kappa shape index (κ2) is 8.04. The molecule has 0 saturated heterocycles. The van der Waals surface area contributed by atoms with Gasteiger partial charge in [-0.25, -0.2) is 0 Å². The molecule has 0 aliphatic rings. The van der Waals surface area contributed by atoms with Crippen molar-refractivity contribution < 1.29 is 17.9 Å². The molecule has 0 amide bonds. The molecule has 1 aromatic carbocycles. The first-order valence-corrected chi connectivity index (χ1v) is 6.55. The summed E-state index contributed by atoms with van der Waals surface area (Å²) in [5, 5.41) is 3.23. The summed E-state index contributed by atoms with van der Waals surface area (Å²) in [5.74, 6) is -0.0866. The molecule has 0 spiro atoms. The van der Waals surface area contributed by atoms with E-state index in [0.29, 0.717) is 6.61 Å². The first-order valence-electron chi connectivity index (χ1n) is 6.55. The minimum Gasteiger partial charge on any atom is -0.493 e. The van der Waals surface area contributed by atoms with E-state index in [-0.39, 0.29) is 5.75 Å². The molecule has 0 fully saturated rings. The molecule has 19 heavy (non-hydrogen) atoms. The van der Waals surface area contributed by atoms with Gasteiger partial charge in [0.05, 0.1) is 12.2 Å². The lowest BCUT2D eigenvalue weighted by Crippen LogP contribution is -2.16. The minimum atomic E-state index is -4.36. The summed E-state index contributed by atoms with van der Waals surface area (Å²) in [7, 11) is 0. The fourth-order valence-electron chi connectivity index (χ4n) is 1.66. The van der Waals surface area contributed by atoms with E-state index in [0.717, 1.165) is 38.4 Å². The van der Waals surface area contributed by atoms with Gasteiger partial charge in [0.15, 0.2) is 0 Å². The number of hydrogen-bond donors (Lipinski definition) is 1. The van der Waals surface area contributed by atoms with Crippen LogP contribution in [0.25, 0.3) is 0 Å². The second-order valence-corrected chi connectivity index (χ2v) is 4.30. The van der Waals surface area contributed by atoms with E-state index >= 15 is 0 Å². The van der Waals surface area contributed by atoms with E-state index in [9.17, 15) is 13.2 Å². The van der Waals surface area contributed by atoms with Gasteiger partial charge >= 0.3 is 6.18 Å². The molecule has 5 heteroatoms. The van der Waals surface area contributed by atoms with Gasteiger partial charge in [-0.15, -0.1) is 0 Å². The van der Waals surface area contributed by atoms with Crippen molar-refractivity contribution in [2.24, 2.45) is 0 Å². The first kappa shape index (κ1) is 15.8. The summed E-state index contributed by atoms with van der Waals surface area (Å²) in [6, 6.07) is 5.31. The van der Waals surface area contributed by atoms with Crippen LogP contribution in [0.4, 0.5) is 13.2 Å². The van der Waals surface area contributed by atoms with E-state index in [1.54, 1.807) is 6.07 Å². The van der Waals surface area contributed by atoms with Gasteiger partial charge in [0.25, 0.3) is 0 Å². The predicted molar refractivity (Wildman–Crippen MR) is 69.3 cm³/mol. The van der Waals surface area contributed by atoms with E-state index in [4.69, 9.17) is 4.74 Å². The first-order chi connectivity index (χ1) is 9.05. The van der Waals surface area contributed by atoms with E-state index in [2.05, 4.69) is 12.2 Å². The Balaban J connectivity index is 2.33. The standard InChI is InChI=1S/C14H20F3NO/c1-2-9-18-10-5-6-11-19-13-8-4-3-7-12(13)14(15,16)17/h3-4,7-8,18H,2,5-6,9-11H2,1H3. The maximum absolute atomic E-state index is 12.7. The number of rotatable bonds is 8. The van der Waals surface area contributed by atoms with Crippen molar-refractivity contribution in [2.45, 2.75) is 32.4 Å². The largest absolute Gasteiger partial charge is 0.493 e. The van der Waals surface area contributed by atoms with Gasteiger partial charge in [0.2, 0.25) is 0 Å². The van der Waals surface area contributed by atoms with Crippen LogP contribution in [0.5, 0.6) is 5.75 Å². The maximum atomic E-state index is 12.7. The van der Waals surface area contributed by atoms with Gasteiger partial charge in [-0.3, -0.25) is 0 Å². The molecule has 1 N–H and O–H groups in total. The van der Waals surface area contributed by atoms with Crippen LogP contribution in [-0.2, 0) is 6.18 Å². The lowest BCUT2D eigenvalue weighted by molar-refractivity contribution is -0.138. The summed E-state index contributed by atoms with van der Waals surface area (Å²) in [6.45, 7) is 4.24. The number of para-hydroxylation sites is 1. The molecule has 1 rings (SSSR count). The van der Waals surface area contributed by atoms with Gasteiger partial charge in [-0.05, 0) is 44.5 Å². The molecule has 0 aromatic heterocycles. The number of benzene rings is 1. The molecule has 0 aliphatic heterocycles. The predicted octanol–water partition coefficient (Wildman–Crippen LogP) is 3.86. The van der Waals surface area contributed by atoms with Crippen molar-refractivity contribution >= 4 is 0 Å². The number of alkyl halides is 3. The highest BCUT2D eigenvalue weighted by Crippen LogP contribution is 2.35. The summed E-state index contributed by atoms with van der Waals surface area (Å²) >= 11 is 0. The molecular weight excluding hydrogens is 255 g/mol. The lowest BCUT2D eigenvalue weighted by Gasteiger charge is -2.13. The average Bonchev–Trinajstić information content (AvgIpc) is 2.37. The van der Waals surface area contributed by atoms with Crippen molar-refractivity contribution in [1.82, 2.24) is 5.32 Å². The van der Waals surface area contributed by atoms with Gasteiger partial charge in [0.1, 0.15) is 5.75 Å². The monoisotopic (exact) mass is 275 g/mol. The number of ether oxygens (including phenoxy) is 1. The van der Waals surface area contributed by atoms with Crippen LogP contribution in [0.2, 0.25) is 0 Å². The zero-order valence-electron chi connectivity index (χ0n) is 11.1. The molecule has 0 aliphatic carbocycles. The van der Waals surface area contributed by atoms with Gasteiger partial charge in [-0.2, -0.15) is 13.2 Å². The minimum absolute atomic E-state index is 0.0866. The third-order valence-electron chi connectivity index (χ3n) is 2.62. The number of unbranched alkanes of at least 4 members (excludes halogenated alkanes) is 1. The highest BCUT2D eigenvalue weighted by molar-refractivity contribution is 5.35. The second-order valence-electron chi connectivity index (χ2n) is 4.30. The van der Waals surface area contributed by atoms with Crippen molar-refractivity contribution in [3.05, 3.63) is 29.8 Å². The SMILES string of the molecule is CCCNCCCCOc1ccccc1C(F)(F)F. The van der Waals surface area contributed by atoms with Crippen LogP contribution in [0.15, 0.2) is 24.3 Å². The highest BCUT2D eigenvalue weighted by atomic mass is 19.4. The quantitative estimate of drug-likeness (QED) is 0.727. The summed E-state index contributed by atoms with van der Waals surface area (Å²) in [4.78, 5) is 0. The maximum Gasteiger partial charge on any atom is 0.419 e. The Morgan fingerprint density at radius 3 is 2.53 bits per heavy atom. The number of nitrogens with one attached hydrogen (secondary N) is 1. The molecule has 0 bridgehead atoms. The van der Waals surface area contributed by atoms with Crippen LogP contribution in [0.3, 0.4) is 0 Å². The summed E-state index contributed by atoms with van der Waals surface area (Å²) in [5.41, 5.74) is -0.709. The van der Waals surface area contributed by atoms with Gasteiger partial charge in [0, 0.05) is 0 Å². The zero-order valence-corrected chi connectivity index (χ0v) is 11.1. The molecule has 108 valence electrons. The normalized spacial score (nSPS) is 11.6. The van der Waals surface area contributed by atoms with Gasteiger partial charge < -0.3 is 10.1 Å². The smallest absolute Gasteiger partial charge is 0.419 e. The van der Waals surface area contributed by atoms with Crippen LogP contribution < -0.4 is 10.1 Å². The Kier molecular flexibility index (Phi) is 6.70. The van der Waals surface area contributed by atoms with Crippen LogP contribution in [0.1, 0.15) is 31.7 Å². The van der Waals surface area contributed by atoms with Crippen molar-refractivity contribution in [3.8, 4) is 5.75 Å². The Hall–Kier alpha value is -1.23. The zero-order chi connectivity index (χ0) is 14.1. The van der Waals surface area contributed by atoms with Gasteiger partial charge in [-0.1, -0.05) is 19.1 Å². The summed E-state index contributed by atoms with van der Waals surface area (Å²) < 4.78 is 43.2. The van der Waals surface area contributed by atoms with Crippen molar-refractivity contribution in [2.75, 3.05) is 19.7 Å². The molecule has 0 heterocycles. The number of hydrogen-bond acceptors (Lipinski definition) is 2. The van der Waals surface area contributed by atoms with E-state index in [1.165, 1.54) is 12.1 Å². The highest BCUT2D eigenvalue weighted by Gasteiger charge is 2.33. The van der Waals surface area contributed by atoms with Crippen molar-refractivity contribution in [3.63, 3.8) is 0 Å². The van der Waals surface area contributed by atoms with E-state index in [1.807, 2.05) is 0 Å². The summed E-state index contributed by atoms with van der Waals surface area (Å²) in [6.07, 6.45) is -1.65. The molecule has 1 aromatic rings. The molecular formula is C14H20F3NO. The van der Waals surface area contributed by atoms with Crippen molar-refractivity contribution in [1.29, 1.82) is 0 Å². The number of halogens is 3. The topological polar surface area (TPSA) is 21.3 Å². The Labute approximate surface area is 112 Å². The molecule has 2 nitrogen and oxygen atoms in total. The average molecular weight is 275 g/mol. The third kappa shape index (κ3) is 5.96. The Morgan fingerprint density at radius 1 is 1.11 bits per heavy atom. The molecule has 0 saturated carbocycles. The van der Waals surface area contributed by atoms with Crippen LogP contribution >= 0.6 is 0 Å². The third-order valence-corrected chi connectivity index (χ3v) is 2.62. The molecule has 0 atom stereocenters. The molecule has 0 unspecified atom stereocenters. The Morgan fingerprint density at radius 2 is 1.84 bits per heavy atom. The fourth-order valence-corrected chi connectivity index (χ4v) is 1.66.